The van der Waals surface area contributed by atoms with Crippen LogP contribution in [-0.4, -0.2) is 19.3 Å². The number of H-pyrrole nitrogens is 1. The summed E-state index contributed by atoms with van der Waals surface area (Å²) in [7, 11) is -4.06. The Morgan fingerprint density at radius 3 is 2.44 bits per heavy atom. The first-order valence-corrected chi connectivity index (χ1v) is 13.8. The summed E-state index contributed by atoms with van der Waals surface area (Å²) in [5.74, 6) is 0.270. The van der Waals surface area contributed by atoms with Crippen LogP contribution < -0.4 is 9.46 Å². The van der Waals surface area contributed by atoms with Crippen LogP contribution in [0, 0.1) is 0 Å². The second-order valence-electron chi connectivity index (χ2n) is 7.94. The zero-order valence-electron chi connectivity index (χ0n) is 18.5. The Balaban J connectivity index is 1.34. The fraction of sp³-hybridized carbons (Fsp3) is 0.0385. The monoisotopic (exact) mass is 556 g/mol. The molecule has 0 radical (unpaired) electrons. The van der Waals surface area contributed by atoms with Crippen molar-refractivity contribution < 1.29 is 17.9 Å². The Labute approximate surface area is 221 Å². The van der Waals surface area contributed by atoms with Crippen molar-refractivity contribution in [3.63, 3.8) is 0 Å². The summed E-state index contributed by atoms with van der Waals surface area (Å²) >= 11 is 13.1. The topological polar surface area (TPSA) is 88.3 Å². The molecular formula is C26H18Cl2N2O4S2. The third kappa shape index (κ3) is 5.27. The summed E-state index contributed by atoms with van der Waals surface area (Å²) < 4.78 is 34.2. The minimum atomic E-state index is -4.06. The fourth-order valence-electron chi connectivity index (χ4n) is 3.70. The number of hydrogen-bond donors (Lipinski definition) is 2. The molecule has 0 bridgehead atoms. The molecule has 2 heterocycles. The van der Waals surface area contributed by atoms with Gasteiger partial charge in [-0.05, 0) is 65.4 Å². The maximum atomic E-state index is 13.0. The highest BCUT2D eigenvalue weighted by molar-refractivity contribution is 7.92. The lowest BCUT2D eigenvalue weighted by Crippen LogP contribution is -2.30. The number of amides is 1. The van der Waals surface area contributed by atoms with Crippen molar-refractivity contribution in [2.75, 3.05) is 0 Å². The molecule has 0 saturated carbocycles. The highest BCUT2D eigenvalue weighted by atomic mass is 35.5. The smallest absolute Gasteiger partial charge is 0.281 e. The van der Waals surface area contributed by atoms with Crippen molar-refractivity contribution in [3.05, 3.63) is 111 Å². The average molecular weight is 557 g/mol. The summed E-state index contributed by atoms with van der Waals surface area (Å²) in [5, 5.41) is 3.17. The first-order valence-electron chi connectivity index (χ1n) is 10.7. The van der Waals surface area contributed by atoms with E-state index in [0.29, 0.717) is 44.4 Å². The van der Waals surface area contributed by atoms with Gasteiger partial charge in [0.25, 0.3) is 15.9 Å². The van der Waals surface area contributed by atoms with E-state index >= 15 is 0 Å². The van der Waals surface area contributed by atoms with E-state index in [1.807, 2.05) is 30.3 Å². The van der Waals surface area contributed by atoms with Gasteiger partial charge in [0, 0.05) is 17.0 Å². The number of benzene rings is 3. The van der Waals surface area contributed by atoms with Gasteiger partial charge in [-0.2, -0.15) is 0 Å². The van der Waals surface area contributed by atoms with Crippen molar-refractivity contribution in [2.24, 2.45) is 0 Å². The maximum absolute atomic E-state index is 13.0. The van der Waals surface area contributed by atoms with E-state index in [4.69, 9.17) is 27.9 Å². The van der Waals surface area contributed by atoms with E-state index in [-0.39, 0.29) is 9.90 Å². The van der Waals surface area contributed by atoms with Crippen LogP contribution in [0.5, 0.6) is 11.5 Å². The number of halogens is 2. The van der Waals surface area contributed by atoms with E-state index in [1.54, 1.807) is 53.9 Å². The summed E-state index contributed by atoms with van der Waals surface area (Å²) in [6.45, 7) is 0. The van der Waals surface area contributed by atoms with E-state index in [0.717, 1.165) is 16.9 Å². The van der Waals surface area contributed by atoms with Gasteiger partial charge in [-0.1, -0.05) is 53.5 Å². The number of aromatic amines is 1. The molecule has 3 aromatic carbocycles. The van der Waals surface area contributed by atoms with Crippen molar-refractivity contribution >= 4 is 61.4 Å². The van der Waals surface area contributed by atoms with Gasteiger partial charge in [0.05, 0.1) is 10.0 Å². The fourth-order valence-corrected chi connectivity index (χ4v) is 6.37. The zero-order chi connectivity index (χ0) is 25.3. The quantitative estimate of drug-likeness (QED) is 0.225. The SMILES string of the molecule is O=C(NS(=O)(=O)c1sccc1Cc1ccccc1)c1cc2cc(Oc3ccc(Cl)c(Cl)c3)ccc2[nH]1. The van der Waals surface area contributed by atoms with Gasteiger partial charge >= 0.3 is 0 Å². The standard InChI is InChI=1S/C26H18Cl2N2O4S2/c27-21-8-6-20(15-22(21)28)34-19-7-9-23-18(13-19)14-24(29-23)25(31)30-36(32,33)26-17(10-11-35-26)12-16-4-2-1-3-5-16/h1-11,13-15,29H,12H2,(H,30,31). The number of fused-ring (bicyclic) bond motifs is 1. The van der Waals surface area contributed by atoms with Crippen molar-refractivity contribution in [1.82, 2.24) is 9.71 Å². The summed E-state index contributed by atoms with van der Waals surface area (Å²) in [6.07, 6.45) is 0.447. The molecule has 6 nitrogen and oxygen atoms in total. The Morgan fingerprint density at radius 1 is 0.917 bits per heavy atom. The number of hydrogen-bond acceptors (Lipinski definition) is 5. The molecule has 0 spiro atoms. The lowest BCUT2D eigenvalue weighted by molar-refractivity contribution is 0.0977. The molecular weight excluding hydrogens is 539 g/mol. The molecule has 0 fully saturated rings. The molecule has 5 rings (SSSR count). The van der Waals surface area contributed by atoms with Crippen LogP contribution in [0.1, 0.15) is 21.6 Å². The third-order valence-corrected chi connectivity index (χ3v) is 9.02. The normalized spacial score (nSPS) is 11.5. The van der Waals surface area contributed by atoms with Gasteiger partial charge in [-0.25, -0.2) is 13.1 Å². The first kappa shape index (κ1) is 24.4. The molecule has 1 amide bonds. The predicted molar refractivity (Wildman–Crippen MR) is 143 cm³/mol. The molecule has 0 aliphatic heterocycles. The van der Waals surface area contributed by atoms with Gasteiger partial charge in [0.15, 0.2) is 0 Å². The second-order valence-corrected chi connectivity index (χ2v) is 11.5. The maximum Gasteiger partial charge on any atom is 0.281 e. The number of sulfonamides is 1. The molecule has 2 N–H and O–H groups in total. The number of carbonyl (C=O) groups is 1. The summed E-state index contributed by atoms with van der Waals surface area (Å²) in [5.41, 5.74) is 2.38. The van der Waals surface area contributed by atoms with E-state index in [1.165, 1.54) is 0 Å². The van der Waals surface area contributed by atoms with Gasteiger partial charge in [0.2, 0.25) is 0 Å². The van der Waals surface area contributed by atoms with Crippen LogP contribution in [0.4, 0.5) is 0 Å². The Kier molecular flexibility index (Phi) is 6.77. The van der Waals surface area contributed by atoms with Crippen molar-refractivity contribution in [1.29, 1.82) is 0 Å². The van der Waals surface area contributed by atoms with Gasteiger partial charge in [-0.3, -0.25) is 4.79 Å². The molecule has 2 aromatic heterocycles. The van der Waals surface area contributed by atoms with Crippen LogP contribution >= 0.6 is 34.5 Å². The number of nitrogens with one attached hydrogen (secondary N) is 2. The first-order chi connectivity index (χ1) is 17.3. The minimum Gasteiger partial charge on any atom is -0.457 e. The lowest BCUT2D eigenvalue weighted by atomic mass is 10.1. The summed E-state index contributed by atoms with van der Waals surface area (Å²) in [4.78, 5) is 15.8. The molecule has 182 valence electrons. The number of rotatable bonds is 7. The molecule has 0 saturated heterocycles. The minimum absolute atomic E-state index is 0.112. The highest BCUT2D eigenvalue weighted by Crippen LogP contribution is 2.31. The molecule has 0 unspecified atom stereocenters. The van der Waals surface area contributed by atoms with Gasteiger partial charge < -0.3 is 9.72 Å². The lowest BCUT2D eigenvalue weighted by Gasteiger charge is -2.07. The molecule has 0 atom stereocenters. The number of carbonyl (C=O) groups excluding carboxylic acids is 1. The van der Waals surface area contributed by atoms with Gasteiger partial charge in [0.1, 0.15) is 21.4 Å². The third-order valence-electron chi connectivity index (χ3n) is 5.38. The van der Waals surface area contributed by atoms with Crippen molar-refractivity contribution in [2.45, 2.75) is 10.6 Å². The van der Waals surface area contributed by atoms with Crippen LogP contribution in [0.25, 0.3) is 10.9 Å². The van der Waals surface area contributed by atoms with E-state index in [2.05, 4.69) is 9.71 Å². The average Bonchev–Trinajstić information content (AvgIpc) is 3.49. The van der Waals surface area contributed by atoms with Gasteiger partial charge in [-0.15, -0.1) is 11.3 Å². The van der Waals surface area contributed by atoms with Crippen molar-refractivity contribution in [3.8, 4) is 11.5 Å². The largest absolute Gasteiger partial charge is 0.457 e. The zero-order valence-corrected chi connectivity index (χ0v) is 21.6. The van der Waals surface area contributed by atoms with Crippen LogP contribution in [0.15, 0.2) is 88.5 Å². The number of ether oxygens (including phenoxy) is 1. The molecule has 36 heavy (non-hydrogen) atoms. The number of aromatic nitrogens is 1. The molecule has 10 heteroatoms. The molecule has 5 aromatic rings. The highest BCUT2D eigenvalue weighted by Gasteiger charge is 2.24. The number of thiophene rings is 1. The Bertz CT molecular complexity index is 1680. The summed E-state index contributed by atoms with van der Waals surface area (Å²) in [6, 6.07) is 23.0. The van der Waals surface area contributed by atoms with E-state index < -0.39 is 15.9 Å². The predicted octanol–water partition coefficient (Wildman–Crippen LogP) is 7.04. The van der Waals surface area contributed by atoms with Crippen LogP contribution in [0.3, 0.4) is 0 Å². The van der Waals surface area contributed by atoms with E-state index in [9.17, 15) is 13.2 Å². The van der Waals surface area contributed by atoms with Crippen LogP contribution in [-0.2, 0) is 16.4 Å². The Hall–Kier alpha value is -3.30. The Morgan fingerprint density at radius 2 is 1.67 bits per heavy atom. The molecule has 0 aliphatic carbocycles. The second kappa shape index (κ2) is 9.99. The van der Waals surface area contributed by atoms with Crippen LogP contribution in [0.2, 0.25) is 10.0 Å². The molecule has 0 aliphatic rings.